The van der Waals surface area contributed by atoms with E-state index in [1.807, 2.05) is 48.5 Å². The van der Waals surface area contributed by atoms with Gasteiger partial charge >= 0.3 is 0 Å². The summed E-state index contributed by atoms with van der Waals surface area (Å²) in [5.41, 5.74) is 4.33. The fraction of sp³-hybridized carbons (Fsp3) is 0. The molecule has 0 spiro atoms. The van der Waals surface area contributed by atoms with Crippen molar-refractivity contribution in [2.45, 2.75) is 0 Å². The van der Waals surface area contributed by atoms with E-state index in [0.717, 1.165) is 16.9 Å². The first-order valence-corrected chi connectivity index (χ1v) is 6.35. The van der Waals surface area contributed by atoms with Crippen LogP contribution < -0.4 is 5.32 Å². The van der Waals surface area contributed by atoms with E-state index in [4.69, 9.17) is 5.32 Å². The van der Waals surface area contributed by atoms with Crippen molar-refractivity contribution in [2.75, 3.05) is 0 Å². The van der Waals surface area contributed by atoms with E-state index in [1.54, 1.807) is 0 Å². The quantitative estimate of drug-likeness (QED) is 0.620. The molecule has 1 radical (unpaired) electrons. The highest BCUT2D eigenvalue weighted by molar-refractivity contribution is 5.76. The molecule has 3 rings (SSSR count). The molecule has 0 aliphatic heterocycles. The van der Waals surface area contributed by atoms with Crippen molar-refractivity contribution in [1.82, 2.24) is 5.32 Å². The molecular formula is C18H14N. The average Bonchev–Trinajstić information content (AvgIpc) is 2.50. The maximum atomic E-state index is 4.72. The van der Waals surface area contributed by atoms with Crippen molar-refractivity contribution in [2.24, 2.45) is 0 Å². The zero-order valence-electron chi connectivity index (χ0n) is 10.5. The fourth-order valence-corrected chi connectivity index (χ4v) is 2.07. The first-order valence-electron chi connectivity index (χ1n) is 6.35. The lowest BCUT2D eigenvalue weighted by Gasteiger charge is -2.09. The van der Waals surface area contributed by atoms with Gasteiger partial charge < -0.3 is 0 Å². The Morgan fingerprint density at radius 2 is 1.11 bits per heavy atom. The number of rotatable bonds is 3. The summed E-state index contributed by atoms with van der Waals surface area (Å²) in [7, 11) is 0. The molecule has 19 heavy (non-hydrogen) atoms. The molecule has 0 fully saturated rings. The Morgan fingerprint density at radius 1 is 0.526 bits per heavy atom. The van der Waals surface area contributed by atoms with Gasteiger partial charge in [-0.1, -0.05) is 66.7 Å². The SMILES string of the molecule is c1ccc([N]c2ccccc2-c2ccccc2)cc1. The van der Waals surface area contributed by atoms with Crippen LogP contribution in [0.25, 0.3) is 11.1 Å². The third-order valence-electron chi connectivity index (χ3n) is 2.99. The van der Waals surface area contributed by atoms with Crippen LogP contribution in [0.2, 0.25) is 0 Å². The molecule has 0 aromatic heterocycles. The third-order valence-corrected chi connectivity index (χ3v) is 2.99. The third kappa shape index (κ3) is 2.66. The van der Waals surface area contributed by atoms with E-state index in [1.165, 1.54) is 5.56 Å². The van der Waals surface area contributed by atoms with Crippen LogP contribution in [0.1, 0.15) is 0 Å². The Hall–Kier alpha value is -2.54. The van der Waals surface area contributed by atoms with Gasteiger partial charge in [0.2, 0.25) is 0 Å². The lowest BCUT2D eigenvalue weighted by Crippen LogP contribution is -1.91. The van der Waals surface area contributed by atoms with Crippen LogP contribution in [0, 0.1) is 0 Å². The number of benzene rings is 3. The standard InChI is InChI=1S/C18H14N/c1-3-9-15(10-4-1)17-13-7-8-14-18(17)19-16-11-5-2-6-12-16/h1-14H. The Balaban J connectivity index is 1.99. The summed E-state index contributed by atoms with van der Waals surface area (Å²) >= 11 is 0. The summed E-state index contributed by atoms with van der Waals surface area (Å²) in [6, 6.07) is 28.6. The second-order valence-corrected chi connectivity index (χ2v) is 4.33. The summed E-state index contributed by atoms with van der Waals surface area (Å²) in [6.45, 7) is 0. The second-order valence-electron chi connectivity index (χ2n) is 4.33. The molecule has 1 heteroatoms. The molecule has 3 aromatic carbocycles. The van der Waals surface area contributed by atoms with Crippen molar-refractivity contribution in [3.05, 3.63) is 84.9 Å². The molecule has 0 unspecified atom stereocenters. The summed E-state index contributed by atoms with van der Waals surface area (Å²) in [5.74, 6) is 0. The zero-order valence-corrected chi connectivity index (χ0v) is 10.5. The monoisotopic (exact) mass is 244 g/mol. The number of para-hydroxylation sites is 2. The van der Waals surface area contributed by atoms with Crippen LogP contribution in [0.15, 0.2) is 84.9 Å². The largest absolute Gasteiger partial charge is 0.248 e. The minimum absolute atomic E-state index is 0.978. The molecule has 0 saturated carbocycles. The van der Waals surface area contributed by atoms with Crippen molar-refractivity contribution >= 4 is 11.4 Å². The van der Waals surface area contributed by atoms with Crippen LogP contribution in [0.4, 0.5) is 11.4 Å². The van der Waals surface area contributed by atoms with E-state index < -0.39 is 0 Å². The first-order chi connectivity index (χ1) is 9.43. The van der Waals surface area contributed by atoms with Gasteiger partial charge in [0.25, 0.3) is 0 Å². The Labute approximate surface area is 113 Å². The van der Waals surface area contributed by atoms with Gasteiger partial charge in [0.1, 0.15) is 0 Å². The smallest absolute Gasteiger partial charge is 0.0715 e. The van der Waals surface area contributed by atoms with Crippen molar-refractivity contribution in [3.8, 4) is 11.1 Å². The Bertz CT molecular complexity index is 645. The van der Waals surface area contributed by atoms with Crippen molar-refractivity contribution in [3.63, 3.8) is 0 Å². The molecule has 0 amide bonds. The molecule has 0 heterocycles. The highest BCUT2D eigenvalue weighted by Crippen LogP contribution is 2.29. The van der Waals surface area contributed by atoms with E-state index in [9.17, 15) is 0 Å². The summed E-state index contributed by atoms with van der Waals surface area (Å²) in [5, 5.41) is 4.72. The van der Waals surface area contributed by atoms with E-state index in [2.05, 4.69) is 36.4 Å². The lowest BCUT2D eigenvalue weighted by molar-refractivity contribution is 1.19. The number of hydrogen-bond donors (Lipinski definition) is 0. The lowest BCUT2D eigenvalue weighted by atomic mass is 10.0. The van der Waals surface area contributed by atoms with Gasteiger partial charge in [-0.2, -0.15) is 0 Å². The Morgan fingerprint density at radius 3 is 1.84 bits per heavy atom. The summed E-state index contributed by atoms with van der Waals surface area (Å²) < 4.78 is 0. The summed E-state index contributed by atoms with van der Waals surface area (Å²) in [6.07, 6.45) is 0. The minimum Gasteiger partial charge on any atom is -0.248 e. The van der Waals surface area contributed by atoms with Gasteiger partial charge in [-0.3, -0.25) is 0 Å². The van der Waals surface area contributed by atoms with Crippen LogP contribution >= 0.6 is 0 Å². The molecule has 91 valence electrons. The van der Waals surface area contributed by atoms with E-state index >= 15 is 0 Å². The Kier molecular flexibility index (Phi) is 3.28. The zero-order chi connectivity index (χ0) is 12.9. The van der Waals surface area contributed by atoms with Crippen LogP contribution in [-0.4, -0.2) is 0 Å². The summed E-state index contributed by atoms with van der Waals surface area (Å²) in [4.78, 5) is 0. The molecule has 0 saturated heterocycles. The maximum absolute atomic E-state index is 4.72. The van der Waals surface area contributed by atoms with Gasteiger partial charge in [-0.25, -0.2) is 5.32 Å². The van der Waals surface area contributed by atoms with Gasteiger partial charge in [-0.15, -0.1) is 0 Å². The second kappa shape index (κ2) is 5.40. The van der Waals surface area contributed by atoms with Gasteiger partial charge in [-0.05, 0) is 23.8 Å². The van der Waals surface area contributed by atoms with Gasteiger partial charge in [0, 0.05) is 5.56 Å². The van der Waals surface area contributed by atoms with Gasteiger partial charge in [0.05, 0.1) is 11.4 Å². The van der Waals surface area contributed by atoms with Crippen molar-refractivity contribution < 1.29 is 0 Å². The van der Waals surface area contributed by atoms with Crippen LogP contribution in [-0.2, 0) is 0 Å². The molecule has 0 aliphatic carbocycles. The highest BCUT2D eigenvalue weighted by Gasteiger charge is 2.05. The molecule has 3 aromatic rings. The normalized spacial score (nSPS) is 10.1. The van der Waals surface area contributed by atoms with Gasteiger partial charge in [0.15, 0.2) is 0 Å². The number of hydrogen-bond acceptors (Lipinski definition) is 0. The molecule has 0 aliphatic rings. The predicted molar refractivity (Wildman–Crippen MR) is 79.8 cm³/mol. The predicted octanol–water partition coefficient (Wildman–Crippen LogP) is 4.92. The molecule has 0 atom stereocenters. The highest BCUT2D eigenvalue weighted by atomic mass is 14.9. The average molecular weight is 244 g/mol. The van der Waals surface area contributed by atoms with E-state index in [-0.39, 0.29) is 0 Å². The topological polar surface area (TPSA) is 14.1 Å². The first kappa shape index (κ1) is 11.5. The number of nitrogens with zero attached hydrogens (tertiary/aromatic N) is 1. The van der Waals surface area contributed by atoms with Crippen LogP contribution in [0.3, 0.4) is 0 Å². The van der Waals surface area contributed by atoms with Crippen LogP contribution in [0.5, 0.6) is 0 Å². The molecule has 1 nitrogen and oxygen atoms in total. The maximum Gasteiger partial charge on any atom is 0.0715 e. The molecule has 0 N–H and O–H groups in total. The molecular weight excluding hydrogens is 230 g/mol. The fourth-order valence-electron chi connectivity index (χ4n) is 2.07. The molecule has 0 bridgehead atoms. The van der Waals surface area contributed by atoms with E-state index in [0.29, 0.717) is 0 Å². The minimum atomic E-state index is 0.978. The van der Waals surface area contributed by atoms with Crippen molar-refractivity contribution in [1.29, 1.82) is 0 Å².